The Bertz CT molecular complexity index is 1200. The summed E-state index contributed by atoms with van der Waals surface area (Å²) >= 11 is 0. The number of rotatable bonds is 4. The molecule has 156 valence electrons. The van der Waals surface area contributed by atoms with Crippen molar-refractivity contribution in [3.63, 3.8) is 0 Å². The second-order valence-corrected chi connectivity index (χ2v) is 7.83. The van der Waals surface area contributed by atoms with Gasteiger partial charge in [-0.2, -0.15) is 0 Å². The fourth-order valence-corrected chi connectivity index (χ4v) is 4.38. The Kier molecular flexibility index (Phi) is 4.58. The summed E-state index contributed by atoms with van der Waals surface area (Å²) in [6.07, 6.45) is 0.894. The minimum Gasteiger partial charge on any atom is -0.478 e. The Morgan fingerprint density at radius 3 is 2.16 bits per heavy atom. The molecule has 7 heteroatoms. The summed E-state index contributed by atoms with van der Waals surface area (Å²) in [5.41, 5.74) is 4.38. The van der Waals surface area contributed by atoms with Gasteiger partial charge in [-0.25, -0.2) is 9.59 Å². The number of benzene rings is 2. The third kappa shape index (κ3) is 3.28. The quantitative estimate of drug-likeness (QED) is 0.705. The maximum atomic E-state index is 12.6. The van der Waals surface area contributed by atoms with Gasteiger partial charge < -0.3 is 19.3 Å². The molecule has 0 radical (unpaired) electrons. The summed E-state index contributed by atoms with van der Waals surface area (Å²) in [5.74, 6) is -1.11. The van der Waals surface area contributed by atoms with E-state index in [1.807, 2.05) is 24.3 Å². The molecule has 0 saturated carbocycles. The summed E-state index contributed by atoms with van der Waals surface area (Å²) in [6, 6.07) is 18.5. The van der Waals surface area contributed by atoms with Gasteiger partial charge in [-0.1, -0.05) is 48.5 Å². The number of carbonyl (C=O) groups is 2. The van der Waals surface area contributed by atoms with Crippen LogP contribution in [0.15, 0.2) is 71.7 Å². The maximum absolute atomic E-state index is 12.6. The highest BCUT2D eigenvalue weighted by Gasteiger charge is 2.35. The van der Waals surface area contributed by atoms with Crippen LogP contribution < -0.4 is 5.56 Å². The maximum Gasteiger partial charge on any atom is 0.409 e. The Hall–Kier alpha value is -3.87. The minimum absolute atomic E-state index is 0.0108. The Labute approximate surface area is 178 Å². The van der Waals surface area contributed by atoms with Crippen molar-refractivity contribution >= 4 is 12.1 Å². The second-order valence-electron chi connectivity index (χ2n) is 7.83. The molecular weight excluding hydrogens is 396 g/mol. The highest BCUT2D eigenvalue weighted by molar-refractivity contribution is 5.87. The SMILES string of the molecule is O=C(O)c1ccc(=O)n(C2CN(C(=O)OCC3c4ccccc4-c4ccccc43)C2)c1. The van der Waals surface area contributed by atoms with Crippen molar-refractivity contribution in [2.24, 2.45) is 0 Å². The van der Waals surface area contributed by atoms with Gasteiger partial charge in [0.15, 0.2) is 0 Å². The predicted molar refractivity (Wildman–Crippen MR) is 113 cm³/mol. The second kappa shape index (κ2) is 7.43. The number of hydrogen-bond acceptors (Lipinski definition) is 4. The first-order valence-electron chi connectivity index (χ1n) is 10.1. The molecule has 1 aliphatic carbocycles. The summed E-state index contributed by atoms with van der Waals surface area (Å²) in [7, 11) is 0. The van der Waals surface area contributed by atoms with Crippen molar-refractivity contribution in [2.75, 3.05) is 19.7 Å². The van der Waals surface area contributed by atoms with Crippen LogP contribution >= 0.6 is 0 Å². The molecule has 2 heterocycles. The lowest BCUT2D eigenvalue weighted by atomic mass is 9.98. The molecule has 2 aromatic carbocycles. The number of fused-ring (bicyclic) bond motifs is 3. The monoisotopic (exact) mass is 416 g/mol. The van der Waals surface area contributed by atoms with Crippen LogP contribution in [0, 0.1) is 0 Å². The zero-order valence-electron chi connectivity index (χ0n) is 16.6. The van der Waals surface area contributed by atoms with E-state index in [1.165, 1.54) is 38.9 Å². The summed E-state index contributed by atoms with van der Waals surface area (Å²) in [4.78, 5) is 37.3. The smallest absolute Gasteiger partial charge is 0.409 e. The van der Waals surface area contributed by atoms with Crippen molar-refractivity contribution in [3.8, 4) is 11.1 Å². The zero-order chi connectivity index (χ0) is 21.5. The topological polar surface area (TPSA) is 88.8 Å². The van der Waals surface area contributed by atoms with Gasteiger partial charge in [-0.15, -0.1) is 0 Å². The Morgan fingerprint density at radius 1 is 0.935 bits per heavy atom. The van der Waals surface area contributed by atoms with Crippen molar-refractivity contribution in [3.05, 3.63) is 93.9 Å². The molecule has 1 N–H and O–H groups in total. The average Bonchev–Trinajstić information content (AvgIpc) is 3.06. The first-order chi connectivity index (χ1) is 15.0. The third-order valence-corrected chi connectivity index (χ3v) is 6.03. The summed E-state index contributed by atoms with van der Waals surface area (Å²) in [6.45, 7) is 0.849. The molecule has 1 fully saturated rings. The van der Waals surface area contributed by atoms with Gasteiger partial charge >= 0.3 is 12.1 Å². The van der Waals surface area contributed by atoms with Crippen molar-refractivity contribution < 1.29 is 19.4 Å². The van der Waals surface area contributed by atoms with E-state index in [9.17, 15) is 14.4 Å². The van der Waals surface area contributed by atoms with E-state index < -0.39 is 12.1 Å². The fraction of sp³-hybridized carbons (Fsp3) is 0.208. The molecule has 1 aliphatic heterocycles. The highest BCUT2D eigenvalue weighted by atomic mass is 16.6. The number of hydrogen-bond donors (Lipinski definition) is 1. The minimum atomic E-state index is -1.10. The largest absolute Gasteiger partial charge is 0.478 e. The van der Waals surface area contributed by atoms with E-state index in [0.29, 0.717) is 13.1 Å². The van der Waals surface area contributed by atoms with Gasteiger partial charge in [0, 0.05) is 31.3 Å². The first-order valence-corrected chi connectivity index (χ1v) is 10.1. The van der Waals surface area contributed by atoms with E-state index in [1.54, 1.807) is 0 Å². The molecule has 1 aromatic heterocycles. The number of ether oxygens (including phenoxy) is 1. The normalized spacial score (nSPS) is 15.2. The van der Waals surface area contributed by atoms with Gasteiger partial charge in [0.05, 0.1) is 11.6 Å². The standard InChI is InChI=1S/C24H20N2O5/c27-22-10-9-15(23(28)29)11-26(22)16-12-25(13-16)24(30)31-14-21-19-7-3-1-5-17(19)18-6-2-4-8-20(18)21/h1-11,16,21H,12-14H2,(H,28,29). The molecule has 0 unspecified atom stereocenters. The number of carbonyl (C=O) groups excluding carboxylic acids is 1. The molecule has 7 nitrogen and oxygen atoms in total. The average molecular weight is 416 g/mol. The fourth-order valence-electron chi connectivity index (χ4n) is 4.38. The number of nitrogens with zero attached hydrogens (tertiary/aromatic N) is 2. The van der Waals surface area contributed by atoms with E-state index in [4.69, 9.17) is 9.84 Å². The van der Waals surface area contributed by atoms with Gasteiger partial charge in [-0.05, 0) is 28.3 Å². The van der Waals surface area contributed by atoms with Gasteiger partial charge in [-0.3, -0.25) is 4.79 Å². The van der Waals surface area contributed by atoms with Crippen LogP contribution in [0.25, 0.3) is 11.1 Å². The van der Waals surface area contributed by atoms with Crippen LogP contribution in [-0.4, -0.2) is 46.3 Å². The zero-order valence-corrected chi connectivity index (χ0v) is 16.6. The number of pyridine rings is 1. The predicted octanol–water partition coefficient (Wildman–Crippen LogP) is 3.35. The third-order valence-electron chi connectivity index (χ3n) is 6.03. The number of likely N-dealkylation sites (tertiary alicyclic amines) is 1. The van der Waals surface area contributed by atoms with Crippen molar-refractivity contribution in [1.29, 1.82) is 0 Å². The van der Waals surface area contributed by atoms with Crippen LogP contribution in [0.4, 0.5) is 4.79 Å². The highest BCUT2D eigenvalue weighted by Crippen LogP contribution is 2.44. The van der Waals surface area contributed by atoms with Crippen molar-refractivity contribution in [2.45, 2.75) is 12.0 Å². The van der Waals surface area contributed by atoms with Crippen LogP contribution in [0.5, 0.6) is 0 Å². The van der Waals surface area contributed by atoms with E-state index >= 15 is 0 Å². The molecule has 1 saturated heterocycles. The van der Waals surface area contributed by atoms with Crippen LogP contribution in [0.3, 0.4) is 0 Å². The van der Waals surface area contributed by atoms with Crippen LogP contribution in [0.2, 0.25) is 0 Å². The van der Waals surface area contributed by atoms with Crippen molar-refractivity contribution in [1.82, 2.24) is 9.47 Å². The molecular formula is C24H20N2O5. The summed E-state index contributed by atoms with van der Waals surface area (Å²) < 4.78 is 7.00. The van der Waals surface area contributed by atoms with Gasteiger partial charge in [0.1, 0.15) is 6.61 Å². The summed E-state index contributed by atoms with van der Waals surface area (Å²) in [5, 5.41) is 9.13. The molecule has 1 amide bonds. The van der Waals surface area contributed by atoms with E-state index in [2.05, 4.69) is 24.3 Å². The number of aromatic nitrogens is 1. The molecule has 0 bridgehead atoms. The number of amides is 1. The first kappa shape index (κ1) is 19.1. The molecule has 5 rings (SSSR count). The Morgan fingerprint density at radius 2 is 1.55 bits per heavy atom. The molecule has 2 aliphatic rings. The number of carboxylic acids is 1. The molecule has 31 heavy (non-hydrogen) atoms. The number of aromatic carboxylic acids is 1. The van der Waals surface area contributed by atoms with Gasteiger partial charge in [0.25, 0.3) is 5.56 Å². The molecule has 0 spiro atoms. The van der Waals surface area contributed by atoms with E-state index in [-0.39, 0.29) is 29.7 Å². The lowest BCUT2D eigenvalue weighted by Gasteiger charge is -2.39. The molecule has 3 aromatic rings. The lowest BCUT2D eigenvalue weighted by Crippen LogP contribution is -2.53. The molecule has 0 atom stereocenters. The van der Waals surface area contributed by atoms with Gasteiger partial charge in [0.2, 0.25) is 0 Å². The van der Waals surface area contributed by atoms with Crippen LogP contribution in [-0.2, 0) is 4.74 Å². The lowest BCUT2D eigenvalue weighted by molar-refractivity contribution is 0.0541. The Balaban J connectivity index is 1.25. The van der Waals surface area contributed by atoms with Crippen LogP contribution in [0.1, 0.15) is 33.4 Å². The number of carboxylic acid groups (broad SMARTS) is 1. The van der Waals surface area contributed by atoms with E-state index in [0.717, 1.165) is 11.1 Å².